The van der Waals surface area contributed by atoms with Crippen molar-refractivity contribution in [3.8, 4) is 5.69 Å². The average molecular weight is 341 g/mol. The zero-order valence-electron chi connectivity index (χ0n) is 13.2. The Bertz CT molecular complexity index is 858. The van der Waals surface area contributed by atoms with Crippen LogP contribution in [0.5, 0.6) is 0 Å². The lowest BCUT2D eigenvalue weighted by molar-refractivity contribution is -0.120. The van der Waals surface area contributed by atoms with Gasteiger partial charge in [0.25, 0.3) is 5.91 Å². The fourth-order valence-electron chi connectivity index (χ4n) is 2.28. The highest BCUT2D eigenvalue weighted by molar-refractivity contribution is 5.96. The van der Waals surface area contributed by atoms with Crippen molar-refractivity contribution in [1.29, 1.82) is 0 Å². The van der Waals surface area contributed by atoms with E-state index in [1.54, 1.807) is 41.2 Å². The first-order valence-corrected chi connectivity index (χ1v) is 7.63. The van der Waals surface area contributed by atoms with E-state index in [2.05, 4.69) is 10.6 Å². The van der Waals surface area contributed by atoms with E-state index < -0.39 is 11.7 Å². The zero-order chi connectivity index (χ0) is 17.6. The summed E-state index contributed by atoms with van der Waals surface area (Å²) < 4.78 is 20.9. The number of nitrogens with zero attached hydrogens (tertiary/aromatic N) is 1. The summed E-state index contributed by atoms with van der Waals surface area (Å²) in [5.74, 6) is -0.797. The topological polar surface area (TPSA) is 76.3 Å². The molecule has 1 aromatic carbocycles. The van der Waals surface area contributed by atoms with Crippen molar-refractivity contribution < 1.29 is 18.4 Å². The van der Waals surface area contributed by atoms with Crippen LogP contribution in [-0.4, -0.2) is 22.9 Å². The molecule has 0 saturated carbocycles. The highest BCUT2D eigenvalue weighted by Gasteiger charge is 2.12. The Hall–Kier alpha value is -3.35. The smallest absolute Gasteiger partial charge is 0.251 e. The molecule has 0 atom stereocenters. The molecule has 0 unspecified atom stereocenters. The molecule has 0 bridgehead atoms. The molecule has 3 aromatic rings. The molecular formula is C18H16FN3O3. The van der Waals surface area contributed by atoms with Crippen molar-refractivity contribution in [3.05, 3.63) is 78.3 Å². The number of hydrogen-bond acceptors (Lipinski definition) is 3. The number of aromatic nitrogens is 1. The number of carbonyl (C=O) groups excluding carboxylic acids is 2. The molecule has 0 aliphatic heterocycles. The van der Waals surface area contributed by atoms with Crippen LogP contribution in [0.2, 0.25) is 0 Å². The fourth-order valence-corrected chi connectivity index (χ4v) is 2.28. The average Bonchev–Trinajstić information content (AvgIpc) is 3.31. The highest BCUT2D eigenvalue weighted by Crippen LogP contribution is 2.15. The van der Waals surface area contributed by atoms with Crippen molar-refractivity contribution in [2.45, 2.75) is 6.54 Å². The van der Waals surface area contributed by atoms with Crippen LogP contribution in [0, 0.1) is 5.82 Å². The second-order valence-electron chi connectivity index (χ2n) is 5.30. The predicted molar refractivity (Wildman–Crippen MR) is 88.6 cm³/mol. The number of rotatable bonds is 6. The molecule has 2 heterocycles. The molecule has 0 aliphatic carbocycles. The molecule has 25 heavy (non-hydrogen) atoms. The lowest BCUT2D eigenvalue weighted by Gasteiger charge is -2.08. The van der Waals surface area contributed by atoms with E-state index >= 15 is 0 Å². The highest BCUT2D eigenvalue weighted by atomic mass is 19.1. The number of hydrogen-bond donors (Lipinski definition) is 2. The number of halogens is 1. The Morgan fingerprint density at radius 2 is 1.88 bits per heavy atom. The maximum Gasteiger partial charge on any atom is 0.251 e. The van der Waals surface area contributed by atoms with Gasteiger partial charge in [-0.25, -0.2) is 4.39 Å². The summed E-state index contributed by atoms with van der Waals surface area (Å²) in [5.41, 5.74) is 0.491. The molecule has 0 saturated heterocycles. The van der Waals surface area contributed by atoms with Crippen molar-refractivity contribution in [1.82, 2.24) is 15.2 Å². The van der Waals surface area contributed by atoms with Gasteiger partial charge in [-0.05, 0) is 42.5 Å². The van der Waals surface area contributed by atoms with Crippen LogP contribution in [0.1, 0.15) is 16.1 Å². The minimum absolute atomic E-state index is 0.146. The quantitative estimate of drug-likeness (QED) is 0.722. The summed E-state index contributed by atoms with van der Waals surface area (Å²) in [6.45, 7) is 0.0302. The number of nitrogens with one attached hydrogen (secondary N) is 2. The molecular weight excluding hydrogens is 325 g/mol. The Balaban J connectivity index is 1.54. The van der Waals surface area contributed by atoms with E-state index in [-0.39, 0.29) is 24.6 Å². The Morgan fingerprint density at radius 3 is 2.56 bits per heavy atom. The first kappa shape index (κ1) is 16.5. The number of amides is 2. The molecule has 0 fully saturated rings. The molecule has 0 aliphatic rings. The Labute approximate surface area is 143 Å². The van der Waals surface area contributed by atoms with Gasteiger partial charge in [-0.2, -0.15) is 0 Å². The van der Waals surface area contributed by atoms with Gasteiger partial charge in [-0.1, -0.05) is 0 Å². The predicted octanol–water partition coefficient (Wildman–Crippen LogP) is 2.26. The van der Waals surface area contributed by atoms with Crippen molar-refractivity contribution >= 4 is 11.8 Å². The van der Waals surface area contributed by atoms with E-state index in [0.717, 1.165) is 6.07 Å². The molecule has 2 N–H and O–H groups in total. The number of furan rings is 1. The first-order valence-electron chi connectivity index (χ1n) is 7.63. The molecule has 3 rings (SSSR count). The molecule has 2 amide bonds. The largest absolute Gasteiger partial charge is 0.467 e. The second-order valence-corrected chi connectivity index (χ2v) is 5.30. The van der Waals surface area contributed by atoms with Gasteiger partial charge in [-0.15, -0.1) is 0 Å². The lowest BCUT2D eigenvalue weighted by atomic mass is 10.2. The first-order chi connectivity index (χ1) is 12.1. The van der Waals surface area contributed by atoms with Crippen LogP contribution in [0.25, 0.3) is 5.69 Å². The SMILES string of the molecule is O=C(CNC(=O)c1ccc(-n2cccc2)c(F)c1)NCc1ccco1. The van der Waals surface area contributed by atoms with Gasteiger partial charge in [0.15, 0.2) is 0 Å². The summed E-state index contributed by atoms with van der Waals surface area (Å²) in [5, 5.41) is 5.06. The monoisotopic (exact) mass is 341 g/mol. The number of carbonyl (C=O) groups is 2. The van der Waals surface area contributed by atoms with Gasteiger partial charge < -0.3 is 19.6 Å². The normalized spacial score (nSPS) is 10.4. The minimum Gasteiger partial charge on any atom is -0.467 e. The van der Waals surface area contributed by atoms with E-state index in [1.165, 1.54) is 18.4 Å². The van der Waals surface area contributed by atoms with Crippen molar-refractivity contribution in [2.75, 3.05) is 6.54 Å². The summed E-state index contributed by atoms with van der Waals surface area (Å²) in [6.07, 6.45) is 4.93. The van der Waals surface area contributed by atoms with Crippen molar-refractivity contribution in [3.63, 3.8) is 0 Å². The van der Waals surface area contributed by atoms with Crippen LogP contribution >= 0.6 is 0 Å². The van der Waals surface area contributed by atoms with Gasteiger partial charge >= 0.3 is 0 Å². The molecule has 2 aromatic heterocycles. The summed E-state index contributed by atoms with van der Waals surface area (Å²) in [7, 11) is 0. The second kappa shape index (κ2) is 7.48. The van der Waals surface area contributed by atoms with E-state index in [9.17, 15) is 14.0 Å². The van der Waals surface area contributed by atoms with Gasteiger partial charge in [0.05, 0.1) is 25.0 Å². The summed E-state index contributed by atoms with van der Waals surface area (Å²) >= 11 is 0. The van der Waals surface area contributed by atoms with Crippen molar-refractivity contribution in [2.24, 2.45) is 0 Å². The Kier molecular flexibility index (Phi) is 4.94. The van der Waals surface area contributed by atoms with Crippen LogP contribution in [0.15, 0.2) is 65.5 Å². The van der Waals surface area contributed by atoms with Crippen LogP contribution in [-0.2, 0) is 11.3 Å². The number of benzene rings is 1. The van der Waals surface area contributed by atoms with E-state index in [4.69, 9.17) is 4.42 Å². The maximum absolute atomic E-state index is 14.2. The fraction of sp³-hybridized carbons (Fsp3) is 0.111. The molecule has 7 heteroatoms. The maximum atomic E-state index is 14.2. The minimum atomic E-state index is -0.522. The van der Waals surface area contributed by atoms with Crippen LogP contribution < -0.4 is 10.6 Å². The van der Waals surface area contributed by atoms with E-state index in [0.29, 0.717) is 11.4 Å². The summed E-state index contributed by atoms with van der Waals surface area (Å²) in [4.78, 5) is 23.8. The molecule has 0 radical (unpaired) electrons. The van der Waals surface area contributed by atoms with Gasteiger partial charge in [0.1, 0.15) is 11.6 Å². The molecule has 0 spiro atoms. The van der Waals surface area contributed by atoms with Gasteiger partial charge in [0.2, 0.25) is 5.91 Å². The molecule has 128 valence electrons. The van der Waals surface area contributed by atoms with Gasteiger partial charge in [0, 0.05) is 18.0 Å². The standard InChI is InChI=1S/C18H16FN3O3/c19-15-10-13(5-6-16(15)22-7-1-2-8-22)18(24)21-12-17(23)20-11-14-4-3-9-25-14/h1-10H,11-12H2,(H,20,23)(H,21,24). The third-order valence-corrected chi connectivity index (χ3v) is 3.54. The van der Waals surface area contributed by atoms with Gasteiger partial charge in [-0.3, -0.25) is 9.59 Å². The zero-order valence-corrected chi connectivity index (χ0v) is 13.2. The Morgan fingerprint density at radius 1 is 1.08 bits per heavy atom. The molecule has 6 nitrogen and oxygen atoms in total. The third-order valence-electron chi connectivity index (χ3n) is 3.54. The third kappa shape index (κ3) is 4.14. The lowest BCUT2D eigenvalue weighted by Crippen LogP contribution is -2.36. The van der Waals surface area contributed by atoms with Crippen LogP contribution in [0.3, 0.4) is 0 Å². The summed E-state index contributed by atoms with van der Waals surface area (Å²) in [6, 6.07) is 11.2. The van der Waals surface area contributed by atoms with Crippen LogP contribution in [0.4, 0.5) is 4.39 Å². The van der Waals surface area contributed by atoms with E-state index in [1.807, 2.05) is 0 Å².